The van der Waals surface area contributed by atoms with Gasteiger partial charge in [-0.05, 0) is 27.7 Å². The van der Waals surface area contributed by atoms with Gasteiger partial charge in [-0.25, -0.2) is 0 Å². The lowest BCUT2D eigenvalue weighted by molar-refractivity contribution is -0.142. The average Bonchev–Trinajstić information content (AvgIpc) is 2.01. The van der Waals surface area contributed by atoms with E-state index in [-0.39, 0.29) is 5.54 Å². The summed E-state index contributed by atoms with van der Waals surface area (Å²) < 4.78 is 0. The maximum Gasteiger partial charge on any atom is 0.322 e. The minimum absolute atomic E-state index is 0.119. The Kier molecular flexibility index (Phi) is 3.17. The number of hydrogen-bond donors (Lipinski definition) is 2. The Bertz CT molecular complexity index is 226. The van der Waals surface area contributed by atoms with Crippen molar-refractivity contribution in [1.82, 2.24) is 10.2 Å². The zero-order valence-corrected chi connectivity index (χ0v) is 9.37. The smallest absolute Gasteiger partial charge is 0.322 e. The van der Waals surface area contributed by atoms with E-state index in [4.69, 9.17) is 5.11 Å². The Balaban J connectivity index is 2.72. The second-order valence-corrected chi connectivity index (χ2v) is 4.94. The van der Waals surface area contributed by atoms with Crippen LogP contribution in [0.4, 0.5) is 0 Å². The summed E-state index contributed by atoms with van der Waals surface area (Å²) >= 11 is 0. The predicted molar refractivity (Wildman–Crippen MR) is 55.3 cm³/mol. The maximum atomic E-state index is 10.9. The lowest BCUT2D eigenvalue weighted by Crippen LogP contribution is -2.65. The summed E-state index contributed by atoms with van der Waals surface area (Å²) in [6, 6.07) is -0.0422. The summed E-state index contributed by atoms with van der Waals surface area (Å²) in [4.78, 5) is 13.1. The summed E-state index contributed by atoms with van der Waals surface area (Å²) in [7, 11) is 0. The molecule has 0 spiro atoms. The number of carboxylic acids is 1. The molecule has 1 saturated heterocycles. The zero-order valence-electron chi connectivity index (χ0n) is 9.37. The molecule has 0 aromatic heterocycles. The highest BCUT2D eigenvalue weighted by Gasteiger charge is 2.35. The van der Waals surface area contributed by atoms with Crippen molar-refractivity contribution >= 4 is 5.97 Å². The fraction of sp³-hybridized carbons (Fsp3) is 0.900. The number of nitrogens with one attached hydrogen (secondary N) is 1. The first kappa shape index (κ1) is 11.5. The highest BCUT2D eigenvalue weighted by Crippen LogP contribution is 2.16. The second-order valence-electron chi connectivity index (χ2n) is 4.94. The minimum Gasteiger partial charge on any atom is -0.480 e. The van der Waals surface area contributed by atoms with E-state index in [1.807, 2.05) is 13.8 Å². The molecule has 0 aliphatic carbocycles. The highest BCUT2D eigenvalue weighted by atomic mass is 16.4. The van der Waals surface area contributed by atoms with Gasteiger partial charge < -0.3 is 5.11 Å². The van der Waals surface area contributed by atoms with Crippen LogP contribution in [-0.2, 0) is 4.79 Å². The molecule has 4 nitrogen and oxygen atoms in total. The molecule has 0 aromatic carbocycles. The molecule has 0 aromatic rings. The molecule has 0 unspecified atom stereocenters. The van der Waals surface area contributed by atoms with Gasteiger partial charge in [-0.1, -0.05) is 0 Å². The molecule has 1 rings (SSSR count). The van der Waals surface area contributed by atoms with E-state index in [0.717, 1.165) is 6.54 Å². The van der Waals surface area contributed by atoms with Gasteiger partial charge in [0.05, 0.1) is 0 Å². The van der Waals surface area contributed by atoms with E-state index in [9.17, 15) is 4.79 Å². The number of rotatable bonds is 2. The standard InChI is InChI=1S/C10H20N2O2/c1-7(2)12-5-8(9(13)14)11-10(3,4)6-12/h7-8,11H,5-6H2,1-4H3,(H,13,14)/t8-/m0/s1. The Morgan fingerprint density at radius 3 is 2.57 bits per heavy atom. The normalized spacial score (nSPS) is 27.9. The lowest BCUT2D eigenvalue weighted by Gasteiger charge is -2.44. The lowest BCUT2D eigenvalue weighted by atomic mass is 9.97. The molecule has 4 heteroatoms. The zero-order chi connectivity index (χ0) is 10.9. The van der Waals surface area contributed by atoms with Crippen LogP contribution >= 0.6 is 0 Å². The average molecular weight is 200 g/mol. The van der Waals surface area contributed by atoms with Crippen molar-refractivity contribution in [3.63, 3.8) is 0 Å². The number of carbonyl (C=O) groups is 1. The van der Waals surface area contributed by atoms with E-state index < -0.39 is 12.0 Å². The van der Waals surface area contributed by atoms with Crippen LogP contribution in [-0.4, -0.2) is 46.7 Å². The van der Waals surface area contributed by atoms with E-state index in [0.29, 0.717) is 12.6 Å². The molecule has 1 aliphatic heterocycles. The minimum atomic E-state index is -0.761. The molecule has 82 valence electrons. The SMILES string of the molecule is CC(C)N1C[C@@H](C(=O)O)NC(C)(C)C1. The third-order valence-corrected chi connectivity index (χ3v) is 2.61. The number of carboxylic acid groups (broad SMARTS) is 1. The van der Waals surface area contributed by atoms with Gasteiger partial charge in [-0.2, -0.15) is 0 Å². The number of hydrogen-bond acceptors (Lipinski definition) is 3. The monoisotopic (exact) mass is 200 g/mol. The van der Waals surface area contributed by atoms with Gasteiger partial charge in [0.15, 0.2) is 0 Å². The predicted octanol–water partition coefficient (Wildman–Crippen LogP) is 0.532. The molecule has 0 amide bonds. The topological polar surface area (TPSA) is 52.6 Å². The van der Waals surface area contributed by atoms with Crippen LogP contribution in [0.2, 0.25) is 0 Å². The summed E-state index contributed by atoms with van der Waals surface area (Å²) in [5.41, 5.74) is -0.119. The molecule has 0 saturated carbocycles. The molecule has 2 N–H and O–H groups in total. The molecule has 1 atom stereocenters. The second kappa shape index (κ2) is 3.87. The van der Waals surface area contributed by atoms with Crippen LogP contribution in [0.1, 0.15) is 27.7 Å². The van der Waals surface area contributed by atoms with Crippen LogP contribution in [0, 0.1) is 0 Å². The van der Waals surface area contributed by atoms with Crippen molar-refractivity contribution in [2.45, 2.75) is 45.3 Å². The van der Waals surface area contributed by atoms with Gasteiger partial charge >= 0.3 is 5.97 Å². The molecule has 14 heavy (non-hydrogen) atoms. The summed E-state index contributed by atoms with van der Waals surface area (Å²) in [6.45, 7) is 9.76. The Morgan fingerprint density at radius 1 is 1.57 bits per heavy atom. The first-order valence-electron chi connectivity index (χ1n) is 5.06. The van der Waals surface area contributed by atoms with E-state index in [1.165, 1.54) is 0 Å². The fourth-order valence-electron chi connectivity index (χ4n) is 1.90. The molecular formula is C10H20N2O2. The number of piperazine rings is 1. The van der Waals surface area contributed by atoms with Crippen molar-refractivity contribution in [3.05, 3.63) is 0 Å². The van der Waals surface area contributed by atoms with Crippen LogP contribution in [0.25, 0.3) is 0 Å². The molecule has 1 heterocycles. The van der Waals surface area contributed by atoms with Crippen LogP contribution in [0.5, 0.6) is 0 Å². The molecule has 1 fully saturated rings. The van der Waals surface area contributed by atoms with Crippen LogP contribution in [0.3, 0.4) is 0 Å². The number of nitrogens with zero attached hydrogens (tertiary/aromatic N) is 1. The van der Waals surface area contributed by atoms with Gasteiger partial charge in [-0.15, -0.1) is 0 Å². The van der Waals surface area contributed by atoms with Crippen molar-refractivity contribution in [2.24, 2.45) is 0 Å². The van der Waals surface area contributed by atoms with Gasteiger partial charge in [0.1, 0.15) is 6.04 Å². The Labute approximate surface area is 85.3 Å². The van der Waals surface area contributed by atoms with E-state index >= 15 is 0 Å². The molecular weight excluding hydrogens is 180 g/mol. The van der Waals surface area contributed by atoms with Crippen LogP contribution in [0.15, 0.2) is 0 Å². The van der Waals surface area contributed by atoms with Gasteiger partial charge in [-0.3, -0.25) is 15.0 Å². The molecule has 0 radical (unpaired) electrons. The summed E-state index contributed by atoms with van der Waals surface area (Å²) in [5.74, 6) is -0.761. The van der Waals surface area contributed by atoms with E-state index in [2.05, 4.69) is 24.1 Å². The first-order valence-corrected chi connectivity index (χ1v) is 5.06. The third kappa shape index (κ3) is 2.69. The fourth-order valence-corrected chi connectivity index (χ4v) is 1.90. The summed E-state index contributed by atoms with van der Waals surface area (Å²) in [5, 5.41) is 12.1. The van der Waals surface area contributed by atoms with Crippen molar-refractivity contribution in [1.29, 1.82) is 0 Å². The maximum absolute atomic E-state index is 10.9. The van der Waals surface area contributed by atoms with E-state index in [1.54, 1.807) is 0 Å². The van der Waals surface area contributed by atoms with Gasteiger partial charge in [0, 0.05) is 24.7 Å². The van der Waals surface area contributed by atoms with Gasteiger partial charge in [0.2, 0.25) is 0 Å². The highest BCUT2D eigenvalue weighted by molar-refractivity contribution is 5.74. The third-order valence-electron chi connectivity index (χ3n) is 2.61. The molecule has 0 bridgehead atoms. The summed E-state index contributed by atoms with van der Waals surface area (Å²) in [6.07, 6.45) is 0. The largest absolute Gasteiger partial charge is 0.480 e. The number of aliphatic carboxylic acids is 1. The Hall–Kier alpha value is -0.610. The van der Waals surface area contributed by atoms with Crippen molar-refractivity contribution < 1.29 is 9.90 Å². The van der Waals surface area contributed by atoms with Crippen molar-refractivity contribution in [2.75, 3.05) is 13.1 Å². The Morgan fingerprint density at radius 2 is 2.14 bits per heavy atom. The van der Waals surface area contributed by atoms with Crippen molar-refractivity contribution in [3.8, 4) is 0 Å². The quantitative estimate of drug-likeness (QED) is 0.683. The van der Waals surface area contributed by atoms with Gasteiger partial charge in [0.25, 0.3) is 0 Å². The van der Waals surface area contributed by atoms with Crippen LogP contribution < -0.4 is 5.32 Å². The first-order chi connectivity index (χ1) is 6.32. The molecule has 1 aliphatic rings.